The van der Waals surface area contributed by atoms with Crippen LogP contribution in [0.2, 0.25) is 0 Å². The highest BCUT2D eigenvalue weighted by Crippen LogP contribution is 2.15. The average Bonchev–Trinajstić information content (AvgIpc) is 3.30. The van der Waals surface area contributed by atoms with Gasteiger partial charge in [-0.3, -0.25) is 33.6 Å². The number of aliphatic hydroxyl groups is 1. The van der Waals surface area contributed by atoms with E-state index < -0.39 is 90.1 Å². The molecule has 0 spiro atoms. The number of carbonyl (C=O) groups is 8. The number of nitrogens with two attached hydrogens (primary N) is 2. The second-order valence-corrected chi connectivity index (χ2v) is 17.5. The Balaban J connectivity index is 1.31. The molecule has 69 heavy (non-hydrogen) atoms. The van der Waals surface area contributed by atoms with Gasteiger partial charge in [-0.2, -0.15) is 0 Å². The molecule has 12 N–H and O–H groups in total. The summed E-state index contributed by atoms with van der Waals surface area (Å²) in [5.74, 6) is -5.94. The lowest BCUT2D eigenvalue weighted by atomic mass is 10.0. The van der Waals surface area contributed by atoms with Gasteiger partial charge < -0.3 is 53.4 Å². The number of aliphatic carboxylic acids is 1. The molecule has 376 valence electrons. The number of hydrogen-bond acceptors (Lipinski definition) is 10. The minimum Gasteiger partial charge on any atom is -0.508 e. The maximum absolute atomic E-state index is 13.6. The number of aromatic hydroxyl groups is 1. The maximum Gasteiger partial charge on any atom is 0.326 e. The zero-order chi connectivity index (χ0) is 50.6. The van der Waals surface area contributed by atoms with Crippen molar-refractivity contribution < 1.29 is 53.7 Å². The third-order valence-corrected chi connectivity index (χ3v) is 11.5. The molecular weight excluding hydrogens is 887 g/mol. The Morgan fingerprint density at radius 2 is 0.870 bits per heavy atom. The predicted octanol–water partition coefficient (Wildman–Crippen LogP) is 3.13. The monoisotopic (exact) mass is 958 g/mol. The number of carboxylic acid groups (broad SMARTS) is 1. The molecule has 6 atom stereocenters. The first-order chi connectivity index (χ1) is 33.0. The topological polar surface area (TPSA) is 309 Å². The summed E-state index contributed by atoms with van der Waals surface area (Å²) >= 11 is 0. The molecule has 3 aromatic carbocycles. The fraction of sp³-hybridized carbons (Fsp3) is 0.490. The number of hydrogen-bond donors (Lipinski definition) is 10. The number of rotatable bonds is 34. The molecule has 0 heterocycles. The Hall–Kier alpha value is -6.82. The van der Waals surface area contributed by atoms with Gasteiger partial charge in [0, 0.05) is 32.1 Å². The lowest BCUT2D eigenvalue weighted by molar-refractivity contribution is -0.142. The highest BCUT2D eigenvalue weighted by molar-refractivity contribution is 5.95. The van der Waals surface area contributed by atoms with Crippen molar-refractivity contribution in [3.8, 4) is 5.75 Å². The number of unbranched alkanes of at least 4 members (excludes halogenated alkanes) is 11. The van der Waals surface area contributed by atoms with Crippen molar-refractivity contribution in [1.29, 1.82) is 0 Å². The van der Waals surface area contributed by atoms with E-state index in [4.69, 9.17) is 11.5 Å². The number of phenols is 1. The Morgan fingerprint density at radius 3 is 1.32 bits per heavy atom. The predicted molar refractivity (Wildman–Crippen MR) is 259 cm³/mol. The van der Waals surface area contributed by atoms with Crippen LogP contribution in [0.25, 0.3) is 0 Å². The zero-order valence-electron chi connectivity index (χ0n) is 39.5. The van der Waals surface area contributed by atoms with Gasteiger partial charge >= 0.3 is 5.97 Å². The molecule has 7 amide bonds. The highest BCUT2D eigenvalue weighted by Gasteiger charge is 2.32. The third-order valence-electron chi connectivity index (χ3n) is 11.5. The molecule has 0 radical (unpaired) electrons. The van der Waals surface area contributed by atoms with E-state index in [1.807, 2.05) is 6.07 Å². The molecule has 18 heteroatoms. The minimum absolute atomic E-state index is 0.0105. The van der Waals surface area contributed by atoms with Crippen molar-refractivity contribution in [3.05, 3.63) is 102 Å². The van der Waals surface area contributed by atoms with Crippen LogP contribution < -0.4 is 38.1 Å². The highest BCUT2D eigenvalue weighted by atomic mass is 16.4. The van der Waals surface area contributed by atoms with Crippen LogP contribution in [-0.4, -0.2) is 99.0 Å². The third kappa shape index (κ3) is 23.2. The first-order valence-electron chi connectivity index (χ1n) is 23.9. The average molecular weight is 958 g/mol. The number of carbonyl (C=O) groups excluding carboxylic acids is 7. The summed E-state index contributed by atoms with van der Waals surface area (Å²) in [4.78, 5) is 101. The second-order valence-electron chi connectivity index (χ2n) is 17.5. The molecule has 0 bridgehead atoms. The van der Waals surface area contributed by atoms with Crippen molar-refractivity contribution in [3.63, 3.8) is 0 Å². The van der Waals surface area contributed by atoms with Crippen LogP contribution in [0.3, 0.4) is 0 Å². The lowest BCUT2D eigenvalue weighted by Crippen LogP contribution is -2.59. The first kappa shape index (κ1) is 56.5. The normalized spacial score (nSPS) is 13.6. The van der Waals surface area contributed by atoms with Crippen molar-refractivity contribution in [1.82, 2.24) is 26.6 Å². The van der Waals surface area contributed by atoms with E-state index in [9.17, 15) is 53.7 Å². The van der Waals surface area contributed by atoms with Crippen LogP contribution in [0.5, 0.6) is 5.75 Å². The molecule has 0 saturated heterocycles. The molecular formula is C51H71N7O11. The number of nitrogens with one attached hydrogen (secondary N) is 5. The van der Waals surface area contributed by atoms with E-state index >= 15 is 0 Å². The Bertz CT molecular complexity index is 2090. The summed E-state index contributed by atoms with van der Waals surface area (Å²) in [5, 5.41) is 42.7. The van der Waals surface area contributed by atoms with Crippen molar-refractivity contribution >= 4 is 47.3 Å². The maximum atomic E-state index is 13.6. The van der Waals surface area contributed by atoms with Crippen molar-refractivity contribution in [2.24, 2.45) is 11.5 Å². The Labute approximate surface area is 404 Å². The summed E-state index contributed by atoms with van der Waals surface area (Å²) in [6.45, 7) is 1.36. The zero-order valence-corrected chi connectivity index (χ0v) is 39.5. The van der Waals surface area contributed by atoms with Crippen LogP contribution in [0.4, 0.5) is 0 Å². The van der Waals surface area contributed by atoms with Gasteiger partial charge in [-0.15, -0.1) is 0 Å². The molecule has 0 aromatic heterocycles. The number of carboxylic acids is 1. The quantitative estimate of drug-likeness (QED) is 0.0388. The standard InChI is InChI=1S/C51H71N7O11/c1-34(59)46(50(67)56-40(31-37-26-28-38(60)29-27-37)48(65)55-39(47(53)64)30-35-20-14-12-15-21-35)58-45(63)25-19-11-9-7-5-3-2-4-6-8-10-18-24-44(62)54-41(33-43(52)61)49(66)57-42(51(68)69)32-36-22-16-13-17-23-36/h12-17,20-23,26-29,34,39-42,46,59-60H,2-11,18-19,24-25,30-33H2,1H3,(H2,52,61)(H2,53,64)(H,54,62)(H,55,65)(H,56,67)(H,57,66)(H,58,63)(H,68,69)/t34?,39-,40-,41-,42-,46-/m0/s1. The van der Waals surface area contributed by atoms with Crippen LogP contribution in [0.15, 0.2) is 84.9 Å². The van der Waals surface area contributed by atoms with E-state index in [-0.39, 0.29) is 37.9 Å². The molecule has 0 aliphatic carbocycles. The van der Waals surface area contributed by atoms with E-state index in [2.05, 4.69) is 26.6 Å². The number of aliphatic hydroxyl groups excluding tert-OH is 1. The van der Waals surface area contributed by atoms with Crippen molar-refractivity contribution in [2.75, 3.05) is 0 Å². The number of amides is 7. The summed E-state index contributed by atoms with van der Waals surface area (Å²) in [6, 6.07) is 17.6. The fourth-order valence-corrected chi connectivity index (χ4v) is 7.67. The largest absolute Gasteiger partial charge is 0.508 e. The summed E-state index contributed by atoms with van der Waals surface area (Å²) < 4.78 is 0. The molecule has 0 aliphatic heterocycles. The second kappa shape index (κ2) is 31.3. The van der Waals surface area contributed by atoms with Crippen molar-refractivity contribution in [2.45, 2.75) is 159 Å². The summed E-state index contributed by atoms with van der Waals surface area (Å²) in [6.07, 6.45) is 9.51. The molecule has 3 rings (SSSR count). The molecule has 0 aliphatic rings. The van der Waals surface area contributed by atoms with Gasteiger partial charge in [-0.1, -0.05) is 137 Å². The van der Waals surface area contributed by atoms with Gasteiger partial charge in [0.15, 0.2) is 0 Å². The van der Waals surface area contributed by atoms with E-state index in [0.717, 1.165) is 69.8 Å². The van der Waals surface area contributed by atoms with Crippen LogP contribution in [0.1, 0.15) is 120 Å². The molecule has 3 aromatic rings. The SMILES string of the molecule is CC(O)[C@H](NC(=O)CCCCCCCCCCCCCCC(=O)N[C@@H](CC(N)=O)C(=O)N[C@@H](Cc1ccccc1)C(=O)O)C(=O)N[C@@H](Cc1ccc(O)cc1)C(=O)N[C@@H](Cc1ccccc1)C(N)=O. The molecule has 1 unspecified atom stereocenters. The van der Waals surface area contributed by atoms with E-state index in [0.29, 0.717) is 24.0 Å². The van der Waals surface area contributed by atoms with E-state index in [1.54, 1.807) is 66.7 Å². The summed E-state index contributed by atoms with van der Waals surface area (Å²) in [5.41, 5.74) is 13.0. The lowest BCUT2D eigenvalue weighted by Gasteiger charge is -2.26. The van der Waals surface area contributed by atoms with Gasteiger partial charge in [0.1, 0.15) is 36.0 Å². The molecule has 0 fully saturated rings. The minimum atomic E-state index is -1.36. The van der Waals surface area contributed by atoms with Crippen LogP contribution in [-0.2, 0) is 57.6 Å². The van der Waals surface area contributed by atoms with E-state index in [1.165, 1.54) is 19.1 Å². The summed E-state index contributed by atoms with van der Waals surface area (Å²) in [7, 11) is 0. The van der Waals surface area contributed by atoms with Gasteiger partial charge in [0.05, 0.1) is 12.5 Å². The number of benzene rings is 3. The smallest absolute Gasteiger partial charge is 0.326 e. The fourth-order valence-electron chi connectivity index (χ4n) is 7.67. The van der Waals surface area contributed by atoms with Crippen LogP contribution in [0, 0.1) is 0 Å². The number of primary amides is 2. The first-order valence-corrected chi connectivity index (χ1v) is 23.9. The molecule has 18 nitrogen and oxygen atoms in total. The van der Waals surface area contributed by atoms with Gasteiger partial charge in [0.2, 0.25) is 41.4 Å². The van der Waals surface area contributed by atoms with Crippen LogP contribution >= 0.6 is 0 Å². The molecule has 0 saturated carbocycles. The van der Waals surface area contributed by atoms with Gasteiger partial charge in [0.25, 0.3) is 0 Å². The Morgan fingerprint density at radius 1 is 0.478 bits per heavy atom. The van der Waals surface area contributed by atoms with Gasteiger partial charge in [-0.05, 0) is 48.6 Å². The Kier molecular flexibility index (Phi) is 25.6. The number of phenolic OH excluding ortho intramolecular Hbond substituents is 1. The van der Waals surface area contributed by atoms with Gasteiger partial charge in [-0.25, -0.2) is 4.79 Å².